The molecule has 0 N–H and O–H groups in total. The zero-order valence-electron chi connectivity index (χ0n) is 8.77. The summed E-state index contributed by atoms with van der Waals surface area (Å²) >= 11 is 3.27. The van der Waals surface area contributed by atoms with Crippen LogP contribution >= 0.6 is 27.7 Å². The average molecular weight is 313 g/mol. The van der Waals surface area contributed by atoms with Crippen LogP contribution in [0.1, 0.15) is 17.5 Å². The first-order chi connectivity index (χ1) is 7.42. The van der Waals surface area contributed by atoms with Crippen molar-refractivity contribution in [3.63, 3.8) is 0 Å². The Morgan fingerprint density at radius 3 is 2.56 bits per heavy atom. The number of halogens is 4. The van der Waals surface area contributed by atoms with Crippen molar-refractivity contribution in [2.24, 2.45) is 0 Å². The molecule has 0 aromatic heterocycles. The summed E-state index contributed by atoms with van der Waals surface area (Å²) in [5, 5.41) is 0.864. The molecule has 5 heteroatoms. The fourth-order valence-corrected chi connectivity index (χ4v) is 2.27. The number of rotatable bonds is 4. The lowest BCUT2D eigenvalue weighted by atomic mass is 10.1. The molecule has 0 fully saturated rings. The molecule has 0 heterocycles. The van der Waals surface area contributed by atoms with Crippen LogP contribution in [0.25, 0.3) is 0 Å². The van der Waals surface area contributed by atoms with E-state index in [9.17, 15) is 13.2 Å². The Morgan fingerprint density at radius 1 is 1.31 bits per heavy atom. The second-order valence-electron chi connectivity index (χ2n) is 3.44. The minimum atomic E-state index is -4.21. The van der Waals surface area contributed by atoms with Gasteiger partial charge in [-0.2, -0.15) is 13.2 Å². The molecule has 0 bridgehead atoms. The maximum absolute atomic E-state index is 12.3. The Balaban J connectivity index is 2.82. The maximum atomic E-state index is 12.3. The molecule has 0 amide bonds. The fourth-order valence-electron chi connectivity index (χ4n) is 1.31. The van der Waals surface area contributed by atoms with Crippen molar-refractivity contribution in [1.29, 1.82) is 0 Å². The quantitative estimate of drug-likeness (QED) is 0.561. The van der Waals surface area contributed by atoms with Gasteiger partial charge in [0.25, 0.3) is 0 Å². The predicted octanol–water partition coefficient (Wildman–Crippen LogP) is 4.93. The molecular formula is C11H12BrF3S. The first-order valence-corrected chi connectivity index (χ1v) is 6.77. The van der Waals surface area contributed by atoms with Gasteiger partial charge in [0, 0.05) is 10.2 Å². The Bertz CT molecular complexity index is 350. The minimum absolute atomic E-state index is 0.0367. The summed E-state index contributed by atoms with van der Waals surface area (Å²) in [6.07, 6.45) is 1.73. The molecule has 0 aliphatic heterocycles. The van der Waals surface area contributed by atoms with E-state index in [0.29, 0.717) is 10.5 Å². The number of hydrogen-bond donors (Lipinski definition) is 0. The molecule has 0 radical (unpaired) electrons. The zero-order chi connectivity index (χ0) is 12.2. The van der Waals surface area contributed by atoms with Gasteiger partial charge in [-0.3, -0.25) is 0 Å². The van der Waals surface area contributed by atoms with Gasteiger partial charge in [-0.15, -0.1) is 0 Å². The third kappa shape index (κ3) is 4.78. The molecule has 0 unspecified atom stereocenters. The Morgan fingerprint density at radius 2 is 2.00 bits per heavy atom. The second kappa shape index (κ2) is 5.96. The van der Waals surface area contributed by atoms with Gasteiger partial charge in [-0.05, 0) is 48.7 Å². The molecule has 0 saturated heterocycles. The van der Waals surface area contributed by atoms with Gasteiger partial charge in [0.1, 0.15) is 0 Å². The largest absolute Gasteiger partial charge is 0.446 e. The van der Waals surface area contributed by atoms with Crippen molar-refractivity contribution in [3.8, 4) is 0 Å². The molecule has 1 aromatic rings. The zero-order valence-corrected chi connectivity index (χ0v) is 11.2. The number of aryl methyl sites for hydroxylation is 2. The molecule has 0 atom stereocenters. The fraction of sp³-hybridized carbons (Fsp3) is 0.455. The smallest absolute Gasteiger partial charge is 0.160 e. The maximum Gasteiger partial charge on any atom is 0.446 e. The van der Waals surface area contributed by atoms with Gasteiger partial charge in [0.15, 0.2) is 0 Å². The molecule has 90 valence electrons. The van der Waals surface area contributed by atoms with Gasteiger partial charge in [0.05, 0.1) is 0 Å². The Labute approximate surface area is 106 Å². The van der Waals surface area contributed by atoms with Crippen molar-refractivity contribution < 1.29 is 13.2 Å². The van der Waals surface area contributed by atoms with Crippen LogP contribution in [0.3, 0.4) is 0 Å². The molecule has 1 rings (SSSR count). The molecule has 16 heavy (non-hydrogen) atoms. The SMILES string of the molecule is Cc1ccc(CCCBr)cc1SC(F)(F)F. The van der Waals surface area contributed by atoms with Crippen molar-refractivity contribution >= 4 is 27.7 Å². The van der Waals surface area contributed by atoms with E-state index in [1.54, 1.807) is 19.1 Å². The normalized spacial score (nSPS) is 11.8. The van der Waals surface area contributed by atoms with Crippen LogP contribution in [-0.4, -0.2) is 10.8 Å². The first kappa shape index (κ1) is 13.9. The van der Waals surface area contributed by atoms with E-state index in [1.807, 2.05) is 6.07 Å². The van der Waals surface area contributed by atoms with Crippen LogP contribution in [-0.2, 0) is 6.42 Å². The van der Waals surface area contributed by atoms with E-state index in [0.717, 1.165) is 23.7 Å². The van der Waals surface area contributed by atoms with Crippen molar-refractivity contribution in [2.45, 2.75) is 30.2 Å². The highest BCUT2D eigenvalue weighted by Crippen LogP contribution is 2.38. The molecule has 0 spiro atoms. The topological polar surface area (TPSA) is 0 Å². The van der Waals surface area contributed by atoms with E-state index in [1.165, 1.54) is 0 Å². The van der Waals surface area contributed by atoms with E-state index < -0.39 is 5.51 Å². The van der Waals surface area contributed by atoms with Crippen LogP contribution in [0.2, 0.25) is 0 Å². The molecule has 1 aromatic carbocycles. The standard InChI is InChI=1S/C11H12BrF3S/c1-8-4-5-9(3-2-6-12)7-10(8)16-11(13,14)15/h4-5,7H,2-3,6H2,1H3. The van der Waals surface area contributed by atoms with E-state index in [-0.39, 0.29) is 11.8 Å². The summed E-state index contributed by atoms with van der Waals surface area (Å²) in [7, 11) is 0. The monoisotopic (exact) mass is 312 g/mol. The summed E-state index contributed by atoms with van der Waals surface area (Å²) in [5.74, 6) is 0. The van der Waals surface area contributed by atoms with Crippen LogP contribution in [0.4, 0.5) is 13.2 Å². The van der Waals surface area contributed by atoms with Gasteiger partial charge in [-0.1, -0.05) is 28.1 Å². The predicted molar refractivity (Wildman–Crippen MR) is 65.2 cm³/mol. The van der Waals surface area contributed by atoms with E-state index >= 15 is 0 Å². The summed E-state index contributed by atoms with van der Waals surface area (Å²) in [6.45, 7) is 1.70. The minimum Gasteiger partial charge on any atom is -0.160 e. The third-order valence-electron chi connectivity index (χ3n) is 2.08. The lowest BCUT2D eigenvalue weighted by Crippen LogP contribution is -2.00. The van der Waals surface area contributed by atoms with Crippen LogP contribution in [0, 0.1) is 6.92 Å². The highest BCUT2D eigenvalue weighted by molar-refractivity contribution is 9.09. The van der Waals surface area contributed by atoms with Crippen molar-refractivity contribution in [2.75, 3.05) is 5.33 Å². The summed E-state index contributed by atoms with van der Waals surface area (Å²) < 4.78 is 36.8. The summed E-state index contributed by atoms with van der Waals surface area (Å²) in [4.78, 5) is 0.305. The van der Waals surface area contributed by atoms with Gasteiger partial charge < -0.3 is 0 Å². The van der Waals surface area contributed by atoms with Crippen molar-refractivity contribution in [3.05, 3.63) is 29.3 Å². The lowest BCUT2D eigenvalue weighted by molar-refractivity contribution is -0.0328. The lowest BCUT2D eigenvalue weighted by Gasteiger charge is -2.10. The Hall–Kier alpha value is -0.160. The number of hydrogen-bond acceptors (Lipinski definition) is 1. The molecule has 0 nitrogen and oxygen atoms in total. The molecule has 0 aliphatic rings. The van der Waals surface area contributed by atoms with Gasteiger partial charge in [0.2, 0.25) is 0 Å². The number of benzene rings is 1. The van der Waals surface area contributed by atoms with Crippen LogP contribution in [0.15, 0.2) is 23.1 Å². The van der Waals surface area contributed by atoms with Gasteiger partial charge in [-0.25, -0.2) is 0 Å². The second-order valence-corrected chi connectivity index (χ2v) is 5.34. The summed E-state index contributed by atoms with van der Waals surface area (Å²) in [6, 6.07) is 5.27. The Kier molecular flexibility index (Phi) is 5.18. The summed E-state index contributed by atoms with van der Waals surface area (Å²) in [5.41, 5.74) is -2.58. The van der Waals surface area contributed by atoms with E-state index in [2.05, 4.69) is 15.9 Å². The highest BCUT2D eigenvalue weighted by atomic mass is 79.9. The van der Waals surface area contributed by atoms with Crippen LogP contribution < -0.4 is 0 Å². The first-order valence-electron chi connectivity index (χ1n) is 4.83. The molecular weight excluding hydrogens is 301 g/mol. The number of alkyl halides is 4. The van der Waals surface area contributed by atoms with Crippen molar-refractivity contribution in [1.82, 2.24) is 0 Å². The van der Waals surface area contributed by atoms with Crippen LogP contribution in [0.5, 0.6) is 0 Å². The molecule has 0 aliphatic carbocycles. The number of thioether (sulfide) groups is 1. The average Bonchev–Trinajstić information content (AvgIpc) is 2.17. The third-order valence-corrected chi connectivity index (χ3v) is 3.53. The highest BCUT2D eigenvalue weighted by Gasteiger charge is 2.29. The van der Waals surface area contributed by atoms with E-state index in [4.69, 9.17) is 0 Å². The molecule has 0 saturated carbocycles. The van der Waals surface area contributed by atoms with Gasteiger partial charge >= 0.3 is 5.51 Å².